The molecule has 0 saturated carbocycles. The maximum atomic E-state index is 13.6. The van der Waals surface area contributed by atoms with Gasteiger partial charge < -0.3 is 10.2 Å². The predicted molar refractivity (Wildman–Crippen MR) is 141 cm³/mol. The second kappa shape index (κ2) is 12.7. The third kappa shape index (κ3) is 7.55. The van der Waals surface area contributed by atoms with Crippen molar-refractivity contribution in [3.8, 4) is 0 Å². The first-order valence-electron chi connectivity index (χ1n) is 11.3. The number of rotatable bonds is 11. The average Bonchev–Trinajstić information content (AvgIpc) is 2.82. The van der Waals surface area contributed by atoms with Crippen LogP contribution in [0.15, 0.2) is 42.5 Å². The van der Waals surface area contributed by atoms with Gasteiger partial charge in [0.25, 0.3) is 0 Å². The highest BCUT2D eigenvalue weighted by Crippen LogP contribution is 2.25. The lowest BCUT2D eigenvalue weighted by Crippen LogP contribution is -2.53. The van der Waals surface area contributed by atoms with Crippen LogP contribution in [0.1, 0.15) is 32.8 Å². The van der Waals surface area contributed by atoms with E-state index in [1.165, 1.54) is 31.1 Å². The van der Waals surface area contributed by atoms with E-state index in [2.05, 4.69) is 5.32 Å². The van der Waals surface area contributed by atoms with Gasteiger partial charge in [0.2, 0.25) is 11.8 Å². The van der Waals surface area contributed by atoms with Crippen LogP contribution >= 0.6 is 23.2 Å². The van der Waals surface area contributed by atoms with Crippen molar-refractivity contribution in [1.29, 1.82) is 0 Å². The van der Waals surface area contributed by atoms with Crippen LogP contribution in [-0.4, -0.2) is 62.2 Å². The first-order valence-corrected chi connectivity index (χ1v) is 13.4. The number of nitrogens with one attached hydrogen (secondary N) is 1. The highest BCUT2D eigenvalue weighted by Gasteiger charge is 2.33. The first kappa shape index (κ1) is 29.8. The van der Waals surface area contributed by atoms with Crippen molar-refractivity contribution in [2.75, 3.05) is 24.9 Å². The third-order valence-electron chi connectivity index (χ3n) is 5.64. The Kier molecular flexibility index (Phi) is 10.5. The number of amides is 2. The lowest BCUT2D eigenvalue weighted by Gasteiger charge is -2.33. The fourth-order valence-corrected chi connectivity index (χ4v) is 4.58. The summed E-state index contributed by atoms with van der Waals surface area (Å²) >= 11 is 12.2. The van der Waals surface area contributed by atoms with Gasteiger partial charge in [-0.05, 0) is 62.2 Å². The number of anilines is 1. The van der Waals surface area contributed by atoms with E-state index in [4.69, 9.17) is 23.2 Å². The Morgan fingerprint density at radius 2 is 1.64 bits per heavy atom. The van der Waals surface area contributed by atoms with E-state index in [0.717, 1.165) is 20.7 Å². The van der Waals surface area contributed by atoms with Crippen molar-refractivity contribution in [2.45, 2.75) is 45.8 Å². The minimum Gasteiger partial charge on any atom is -0.352 e. The highest BCUT2D eigenvalue weighted by molar-refractivity contribution is 7.90. The lowest BCUT2D eigenvalue weighted by molar-refractivity contribution is -0.139. The summed E-state index contributed by atoms with van der Waals surface area (Å²) in [5, 5.41) is 3.46. The molecule has 2 aromatic carbocycles. The molecule has 0 saturated heterocycles. The summed E-state index contributed by atoms with van der Waals surface area (Å²) in [5.74, 6) is -1.58. The largest absolute Gasteiger partial charge is 0.352 e. The predicted octanol–water partition coefficient (Wildman–Crippen LogP) is 4.08. The fraction of sp³-hybridized carbons (Fsp3) is 0.417. The maximum absolute atomic E-state index is 13.6. The summed E-state index contributed by atoms with van der Waals surface area (Å²) in [7, 11) is -1.48. The molecule has 0 aliphatic rings. The molecule has 0 aliphatic carbocycles. The summed E-state index contributed by atoms with van der Waals surface area (Å²) in [6, 6.07) is 8.52. The molecule has 2 aromatic rings. The SMILES string of the molecule is CCC(C)NC(=O)C(C)N(Cc1ccc(Cl)c(Cl)c1)C(=O)CN(c1ccc(F)cc1)S(=O)(=O)N(C)C. The van der Waals surface area contributed by atoms with E-state index in [9.17, 15) is 22.4 Å². The zero-order chi connectivity index (χ0) is 27.2. The number of halogens is 3. The van der Waals surface area contributed by atoms with Crippen LogP contribution < -0.4 is 9.62 Å². The van der Waals surface area contributed by atoms with Gasteiger partial charge in [0.1, 0.15) is 18.4 Å². The molecule has 2 atom stereocenters. The smallest absolute Gasteiger partial charge is 0.304 e. The van der Waals surface area contributed by atoms with Gasteiger partial charge in [-0.2, -0.15) is 12.7 Å². The van der Waals surface area contributed by atoms with Gasteiger partial charge in [-0.1, -0.05) is 36.2 Å². The van der Waals surface area contributed by atoms with Crippen molar-refractivity contribution in [2.24, 2.45) is 0 Å². The molecular formula is C24H31Cl2FN4O4S. The normalized spacial score (nSPS) is 13.2. The molecule has 1 N–H and O–H groups in total. The average molecular weight is 562 g/mol. The number of hydrogen-bond acceptors (Lipinski definition) is 4. The van der Waals surface area contributed by atoms with Crippen molar-refractivity contribution in [3.63, 3.8) is 0 Å². The van der Waals surface area contributed by atoms with Crippen molar-refractivity contribution in [3.05, 3.63) is 63.9 Å². The molecule has 2 unspecified atom stereocenters. The van der Waals surface area contributed by atoms with Crippen molar-refractivity contribution >= 4 is 50.9 Å². The number of benzene rings is 2. The fourth-order valence-electron chi connectivity index (χ4n) is 3.21. The second-order valence-corrected chi connectivity index (χ2v) is 11.4. The number of hydrogen-bond donors (Lipinski definition) is 1. The standard InChI is InChI=1S/C24H31Cl2FN4O4S/c1-6-16(2)28-24(33)17(3)30(14-18-7-12-21(25)22(26)13-18)23(32)15-31(36(34,35)29(4)5)20-10-8-19(27)9-11-20/h7-13,16-17H,6,14-15H2,1-5H3,(H,28,33). The van der Waals surface area contributed by atoms with Gasteiger partial charge in [0.15, 0.2) is 0 Å². The molecule has 8 nitrogen and oxygen atoms in total. The molecule has 0 spiro atoms. The molecular weight excluding hydrogens is 530 g/mol. The molecule has 0 heterocycles. The van der Waals surface area contributed by atoms with Crippen molar-refractivity contribution < 1.29 is 22.4 Å². The Morgan fingerprint density at radius 3 is 2.17 bits per heavy atom. The molecule has 0 aliphatic heterocycles. The monoisotopic (exact) mass is 560 g/mol. The van der Waals surface area contributed by atoms with Gasteiger partial charge in [-0.3, -0.25) is 9.59 Å². The topological polar surface area (TPSA) is 90.0 Å². The molecule has 2 amide bonds. The zero-order valence-corrected chi connectivity index (χ0v) is 23.2. The van der Waals surface area contributed by atoms with Crippen LogP contribution in [0.3, 0.4) is 0 Å². The van der Waals surface area contributed by atoms with Gasteiger partial charge >= 0.3 is 10.2 Å². The molecule has 0 radical (unpaired) electrons. The lowest BCUT2D eigenvalue weighted by atomic mass is 10.1. The zero-order valence-electron chi connectivity index (χ0n) is 20.8. The quantitative estimate of drug-likeness (QED) is 0.448. The minimum absolute atomic E-state index is 0.0237. The summed E-state index contributed by atoms with van der Waals surface area (Å²) in [6.07, 6.45) is 0.693. The Bertz CT molecular complexity index is 1180. The number of carbonyl (C=O) groups is 2. The van der Waals surface area contributed by atoms with Crippen LogP contribution in [0.2, 0.25) is 10.0 Å². The summed E-state index contributed by atoms with van der Waals surface area (Å²) < 4.78 is 41.5. The van der Waals surface area contributed by atoms with E-state index >= 15 is 0 Å². The molecule has 2 rings (SSSR count). The van der Waals surface area contributed by atoms with Crippen molar-refractivity contribution in [1.82, 2.24) is 14.5 Å². The molecule has 0 fully saturated rings. The second-order valence-electron chi connectivity index (χ2n) is 8.54. The van der Waals surface area contributed by atoms with E-state index < -0.39 is 34.5 Å². The third-order valence-corrected chi connectivity index (χ3v) is 8.20. The molecule has 0 bridgehead atoms. The minimum atomic E-state index is -4.13. The van der Waals surface area contributed by atoms with E-state index in [-0.39, 0.29) is 29.2 Å². The molecule has 198 valence electrons. The van der Waals surface area contributed by atoms with Gasteiger partial charge in [-0.25, -0.2) is 8.70 Å². The van der Waals surface area contributed by atoms with E-state index in [0.29, 0.717) is 17.0 Å². The van der Waals surface area contributed by atoms with Crippen LogP contribution in [-0.2, 0) is 26.3 Å². The van der Waals surface area contributed by atoms with Gasteiger partial charge in [-0.15, -0.1) is 0 Å². The number of carbonyl (C=O) groups excluding carboxylic acids is 2. The van der Waals surface area contributed by atoms with E-state index in [1.54, 1.807) is 25.1 Å². The van der Waals surface area contributed by atoms with Crippen LogP contribution in [0, 0.1) is 5.82 Å². The highest BCUT2D eigenvalue weighted by atomic mass is 35.5. The van der Waals surface area contributed by atoms with Gasteiger partial charge in [0, 0.05) is 26.7 Å². The molecule has 36 heavy (non-hydrogen) atoms. The van der Waals surface area contributed by atoms with Crippen LogP contribution in [0.25, 0.3) is 0 Å². The molecule has 0 aromatic heterocycles. The van der Waals surface area contributed by atoms with Gasteiger partial charge in [0.05, 0.1) is 15.7 Å². The summed E-state index contributed by atoms with van der Waals surface area (Å²) in [4.78, 5) is 27.8. The molecule has 12 heteroatoms. The Hall–Kier alpha value is -2.40. The van der Waals surface area contributed by atoms with Crippen LogP contribution in [0.4, 0.5) is 10.1 Å². The van der Waals surface area contributed by atoms with E-state index in [1.807, 2.05) is 13.8 Å². The Balaban J connectivity index is 2.46. The Labute approximate surface area is 222 Å². The summed E-state index contributed by atoms with van der Waals surface area (Å²) in [6.45, 7) is 4.69. The number of nitrogens with zero attached hydrogens (tertiary/aromatic N) is 3. The first-order chi connectivity index (χ1) is 16.8. The van der Waals surface area contributed by atoms with Crippen LogP contribution in [0.5, 0.6) is 0 Å². The Morgan fingerprint density at radius 1 is 1.03 bits per heavy atom. The summed E-state index contributed by atoms with van der Waals surface area (Å²) in [5.41, 5.74) is 0.703. The maximum Gasteiger partial charge on any atom is 0.304 e.